The minimum absolute atomic E-state index is 0.0584. The number of hydrogen-bond donors (Lipinski definition) is 1. The first-order valence-electron chi connectivity index (χ1n) is 5.44. The van der Waals surface area contributed by atoms with Crippen LogP contribution in [0.2, 0.25) is 0 Å². The van der Waals surface area contributed by atoms with Gasteiger partial charge in [-0.3, -0.25) is 4.79 Å². The molecule has 1 aliphatic carbocycles. The molecule has 0 aromatic carbocycles. The van der Waals surface area contributed by atoms with E-state index in [-0.39, 0.29) is 11.4 Å². The van der Waals surface area contributed by atoms with Crippen LogP contribution in [-0.2, 0) is 0 Å². The van der Waals surface area contributed by atoms with Crippen molar-refractivity contribution in [3.8, 4) is 0 Å². The van der Waals surface area contributed by atoms with Crippen LogP contribution in [0.1, 0.15) is 37.0 Å². The van der Waals surface area contributed by atoms with Crippen LogP contribution < -0.4 is 5.32 Å². The average Bonchev–Trinajstić information content (AvgIpc) is 3.00. The Morgan fingerprint density at radius 3 is 2.81 bits per heavy atom. The number of carbonyl (C=O) groups is 1. The average molecular weight is 283 g/mol. The molecule has 0 aliphatic heterocycles. The van der Waals surface area contributed by atoms with Crippen LogP contribution in [0.25, 0.3) is 0 Å². The standard InChI is InChI=1S/C12H15BrN2O/c1-12(2,8-5-6-8)15-11(16)9-4-3-7-14-10(9)13/h3-4,7-8H,5-6H2,1-2H3,(H,15,16). The Labute approximate surface area is 104 Å². The molecular weight excluding hydrogens is 268 g/mol. The lowest BCUT2D eigenvalue weighted by Gasteiger charge is -2.26. The number of nitrogens with zero attached hydrogens (tertiary/aromatic N) is 1. The highest BCUT2D eigenvalue weighted by Gasteiger charge is 2.39. The van der Waals surface area contributed by atoms with Crippen molar-refractivity contribution in [1.82, 2.24) is 10.3 Å². The van der Waals surface area contributed by atoms with E-state index in [1.54, 1.807) is 18.3 Å². The predicted molar refractivity (Wildman–Crippen MR) is 66.2 cm³/mol. The van der Waals surface area contributed by atoms with Crippen LogP contribution >= 0.6 is 15.9 Å². The Morgan fingerprint density at radius 1 is 1.56 bits per heavy atom. The molecule has 2 rings (SSSR count). The number of rotatable bonds is 3. The fraction of sp³-hybridized carbons (Fsp3) is 0.500. The van der Waals surface area contributed by atoms with E-state index in [1.165, 1.54) is 12.8 Å². The first-order chi connectivity index (χ1) is 7.50. The molecule has 1 aromatic heterocycles. The van der Waals surface area contributed by atoms with Gasteiger partial charge in [0.2, 0.25) is 0 Å². The van der Waals surface area contributed by atoms with Crippen molar-refractivity contribution in [1.29, 1.82) is 0 Å². The lowest BCUT2D eigenvalue weighted by Crippen LogP contribution is -2.45. The van der Waals surface area contributed by atoms with E-state index in [2.05, 4.69) is 40.1 Å². The van der Waals surface area contributed by atoms with E-state index < -0.39 is 0 Å². The molecule has 86 valence electrons. The van der Waals surface area contributed by atoms with Crippen molar-refractivity contribution >= 4 is 21.8 Å². The fourth-order valence-electron chi connectivity index (χ4n) is 1.82. The van der Waals surface area contributed by atoms with E-state index in [4.69, 9.17) is 0 Å². The quantitative estimate of drug-likeness (QED) is 0.867. The first kappa shape index (κ1) is 11.6. The molecule has 0 unspecified atom stereocenters. The van der Waals surface area contributed by atoms with Gasteiger partial charge < -0.3 is 5.32 Å². The van der Waals surface area contributed by atoms with Crippen LogP contribution in [0, 0.1) is 5.92 Å². The molecule has 3 nitrogen and oxygen atoms in total. The molecule has 1 heterocycles. The Balaban J connectivity index is 2.11. The number of hydrogen-bond acceptors (Lipinski definition) is 2. The van der Waals surface area contributed by atoms with E-state index >= 15 is 0 Å². The monoisotopic (exact) mass is 282 g/mol. The molecule has 1 aliphatic rings. The minimum Gasteiger partial charge on any atom is -0.347 e. The van der Waals surface area contributed by atoms with Gasteiger partial charge in [-0.25, -0.2) is 4.98 Å². The van der Waals surface area contributed by atoms with Crippen LogP contribution in [0.3, 0.4) is 0 Å². The van der Waals surface area contributed by atoms with Gasteiger partial charge in [0.15, 0.2) is 0 Å². The van der Waals surface area contributed by atoms with Crippen molar-refractivity contribution < 1.29 is 4.79 Å². The largest absolute Gasteiger partial charge is 0.347 e. The normalized spacial score (nSPS) is 15.9. The van der Waals surface area contributed by atoms with Gasteiger partial charge in [-0.1, -0.05) is 0 Å². The van der Waals surface area contributed by atoms with E-state index in [1.807, 2.05) is 0 Å². The fourth-order valence-corrected chi connectivity index (χ4v) is 2.25. The van der Waals surface area contributed by atoms with Gasteiger partial charge in [0.25, 0.3) is 5.91 Å². The summed E-state index contributed by atoms with van der Waals surface area (Å²) in [6.45, 7) is 4.15. The van der Waals surface area contributed by atoms with Gasteiger partial charge in [0.1, 0.15) is 4.60 Å². The second-order valence-electron chi connectivity index (χ2n) is 4.79. The van der Waals surface area contributed by atoms with Gasteiger partial charge in [0.05, 0.1) is 5.56 Å². The molecule has 1 amide bonds. The van der Waals surface area contributed by atoms with Gasteiger partial charge in [0, 0.05) is 11.7 Å². The lowest BCUT2D eigenvalue weighted by atomic mass is 9.98. The Hall–Kier alpha value is -0.900. The number of pyridine rings is 1. The zero-order valence-electron chi connectivity index (χ0n) is 9.46. The van der Waals surface area contributed by atoms with E-state index in [9.17, 15) is 4.79 Å². The zero-order valence-corrected chi connectivity index (χ0v) is 11.0. The summed E-state index contributed by atoms with van der Waals surface area (Å²) in [5.41, 5.74) is 0.475. The Morgan fingerprint density at radius 2 is 2.25 bits per heavy atom. The third-order valence-electron chi connectivity index (χ3n) is 3.04. The topological polar surface area (TPSA) is 42.0 Å². The maximum Gasteiger partial charge on any atom is 0.254 e. The maximum atomic E-state index is 12.0. The summed E-state index contributed by atoms with van der Waals surface area (Å²) in [5, 5.41) is 3.07. The van der Waals surface area contributed by atoms with Crippen molar-refractivity contribution in [2.45, 2.75) is 32.2 Å². The molecule has 0 saturated heterocycles. The molecule has 0 bridgehead atoms. The highest BCUT2D eigenvalue weighted by molar-refractivity contribution is 9.10. The summed E-state index contributed by atoms with van der Waals surface area (Å²) in [5.74, 6) is 0.559. The second kappa shape index (κ2) is 4.17. The van der Waals surface area contributed by atoms with Gasteiger partial charge in [-0.05, 0) is 60.7 Å². The molecule has 1 saturated carbocycles. The first-order valence-corrected chi connectivity index (χ1v) is 6.23. The minimum atomic E-state index is -0.119. The van der Waals surface area contributed by atoms with Crippen molar-refractivity contribution in [3.63, 3.8) is 0 Å². The molecular formula is C12H15BrN2O. The number of carbonyl (C=O) groups excluding carboxylic acids is 1. The molecule has 0 radical (unpaired) electrons. The molecule has 0 spiro atoms. The van der Waals surface area contributed by atoms with Crippen LogP contribution in [0.4, 0.5) is 0 Å². The van der Waals surface area contributed by atoms with E-state index in [0.29, 0.717) is 16.1 Å². The molecule has 0 atom stereocenters. The second-order valence-corrected chi connectivity index (χ2v) is 5.54. The summed E-state index contributed by atoms with van der Waals surface area (Å²) in [4.78, 5) is 16.1. The van der Waals surface area contributed by atoms with Gasteiger partial charge in [-0.15, -0.1) is 0 Å². The zero-order chi connectivity index (χ0) is 11.8. The van der Waals surface area contributed by atoms with Gasteiger partial charge >= 0.3 is 0 Å². The molecule has 1 aromatic rings. The van der Waals surface area contributed by atoms with Crippen LogP contribution in [-0.4, -0.2) is 16.4 Å². The SMILES string of the molecule is CC(C)(NC(=O)c1cccnc1Br)C1CC1. The molecule has 4 heteroatoms. The molecule has 16 heavy (non-hydrogen) atoms. The number of amides is 1. The maximum absolute atomic E-state index is 12.0. The smallest absolute Gasteiger partial charge is 0.254 e. The summed E-state index contributed by atoms with van der Waals surface area (Å²) in [6, 6.07) is 3.54. The summed E-state index contributed by atoms with van der Waals surface area (Å²) in [6.07, 6.45) is 4.08. The summed E-state index contributed by atoms with van der Waals surface area (Å²) < 4.78 is 0.596. The third-order valence-corrected chi connectivity index (χ3v) is 3.67. The lowest BCUT2D eigenvalue weighted by molar-refractivity contribution is 0.0902. The third kappa shape index (κ3) is 2.43. The number of nitrogens with one attached hydrogen (secondary N) is 1. The van der Waals surface area contributed by atoms with Crippen LogP contribution in [0.5, 0.6) is 0 Å². The Bertz CT molecular complexity index is 413. The highest BCUT2D eigenvalue weighted by atomic mass is 79.9. The number of halogens is 1. The molecule has 1 N–H and O–H groups in total. The number of aromatic nitrogens is 1. The predicted octanol–water partition coefficient (Wildman–Crippen LogP) is 2.76. The highest BCUT2D eigenvalue weighted by Crippen LogP contribution is 2.39. The van der Waals surface area contributed by atoms with Crippen molar-refractivity contribution in [2.24, 2.45) is 5.92 Å². The summed E-state index contributed by atoms with van der Waals surface area (Å²) >= 11 is 3.29. The van der Waals surface area contributed by atoms with Crippen molar-refractivity contribution in [3.05, 3.63) is 28.5 Å². The van der Waals surface area contributed by atoms with E-state index in [0.717, 1.165) is 0 Å². The van der Waals surface area contributed by atoms with Crippen molar-refractivity contribution in [2.75, 3.05) is 0 Å². The molecule has 1 fully saturated rings. The Kier molecular flexibility index (Phi) is 3.02. The van der Waals surface area contributed by atoms with Gasteiger partial charge in [-0.2, -0.15) is 0 Å². The van der Waals surface area contributed by atoms with Crippen LogP contribution in [0.15, 0.2) is 22.9 Å². The summed E-state index contributed by atoms with van der Waals surface area (Å²) in [7, 11) is 0.